The molecule has 0 bridgehead atoms. The molecular weight excluding hydrogens is 296 g/mol. The van der Waals surface area contributed by atoms with Crippen LogP contribution in [0, 0.1) is 20.8 Å². The first kappa shape index (κ1) is 13.6. The van der Waals surface area contributed by atoms with E-state index in [2.05, 4.69) is 10.2 Å². The van der Waals surface area contributed by atoms with Gasteiger partial charge in [-0.05, 0) is 39.0 Å². The SMILES string of the molecule is Cc1cc2c(-c3cc(C(=O)O)[nH]n3)c3oc(C)cc3c(C)c2o1. The fourth-order valence-corrected chi connectivity index (χ4v) is 3.02. The van der Waals surface area contributed by atoms with Gasteiger partial charge in [-0.3, -0.25) is 5.10 Å². The first-order valence-electron chi connectivity index (χ1n) is 7.17. The number of aryl methyl sites for hydroxylation is 3. The molecule has 3 aromatic heterocycles. The molecule has 0 saturated heterocycles. The van der Waals surface area contributed by atoms with Gasteiger partial charge in [0.05, 0.1) is 11.3 Å². The molecule has 0 radical (unpaired) electrons. The van der Waals surface area contributed by atoms with Crippen molar-refractivity contribution in [1.82, 2.24) is 10.2 Å². The van der Waals surface area contributed by atoms with E-state index in [4.69, 9.17) is 13.9 Å². The second-order valence-electron chi connectivity index (χ2n) is 5.67. The molecule has 0 amide bonds. The number of carbonyl (C=O) groups is 1. The van der Waals surface area contributed by atoms with Gasteiger partial charge in [-0.25, -0.2) is 4.79 Å². The molecule has 23 heavy (non-hydrogen) atoms. The minimum absolute atomic E-state index is 0.0327. The van der Waals surface area contributed by atoms with E-state index < -0.39 is 5.97 Å². The Kier molecular flexibility index (Phi) is 2.66. The summed E-state index contributed by atoms with van der Waals surface area (Å²) in [7, 11) is 0. The molecule has 0 saturated carbocycles. The van der Waals surface area contributed by atoms with Crippen molar-refractivity contribution in [2.45, 2.75) is 20.8 Å². The summed E-state index contributed by atoms with van der Waals surface area (Å²) in [5.74, 6) is 0.507. The van der Waals surface area contributed by atoms with Crippen LogP contribution >= 0.6 is 0 Å². The zero-order valence-corrected chi connectivity index (χ0v) is 12.9. The number of hydrogen-bond acceptors (Lipinski definition) is 4. The van der Waals surface area contributed by atoms with Crippen molar-refractivity contribution < 1.29 is 18.7 Å². The molecule has 1 aromatic carbocycles. The van der Waals surface area contributed by atoms with Crippen LogP contribution in [0.3, 0.4) is 0 Å². The first-order chi connectivity index (χ1) is 11.0. The second kappa shape index (κ2) is 4.49. The molecule has 4 aromatic rings. The number of nitrogens with zero attached hydrogens (tertiary/aromatic N) is 1. The quantitative estimate of drug-likeness (QED) is 0.579. The number of carboxylic acids is 1. The van der Waals surface area contributed by atoms with Gasteiger partial charge in [0, 0.05) is 16.3 Å². The van der Waals surface area contributed by atoms with Crippen LogP contribution in [0.5, 0.6) is 0 Å². The third kappa shape index (κ3) is 1.88. The third-order valence-corrected chi connectivity index (χ3v) is 4.02. The number of hydrogen-bond donors (Lipinski definition) is 2. The lowest BCUT2D eigenvalue weighted by molar-refractivity contribution is 0.0690. The van der Waals surface area contributed by atoms with Crippen molar-refractivity contribution in [1.29, 1.82) is 0 Å². The lowest BCUT2D eigenvalue weighted by Gasteiger charge is -2.04. The van der Waals surface area contributed by atoms with Crippen LogP contribution in [-0.4, -0.2) is 21.3 Å². The lowest BCUT2D eigenvalue weighted by Crippen LogP contribution is -1.95. The number of aromatic amines is 1. The molecule has 6 heteroatoms. The van der Waals surface area contributed by atoms with Gasteiger partial charge in [0.25, 0.3) is 0 Å². The van der Waals surface area contributed by atoms with Crippen LogP contribution in [0.15, 0.2) is 27.0 Å². The average molecular weight is 310 g/mol. The standard InChI is InChI=1S/C17H14N2O4/c1-7-4-10-9(3)15-11(5-8(2)22-15)14(16(10)23-7)12-6-13(17(20)21)19-18-12/h4-6H,1-3H3,(H,18,19)(H,20,21). The molecule has 0 aliphatic carbocycles. The van der Waals surface area contributed by atoms with E-state index in [1.54, 1.807) is 0 Å². The topological polar surface area (TPSA) is 92.3 Å². The predicted molar refractivity (Wildman–Crippen MR) is 84.7 cm³/mol. The molecule has 6 nitrogen and oxygen atoms in total. The Labute approximate surface area is 130 Å². The van der Waals surface area contributed by atoms with Crippen LogP contribution < -0.4 is 0 Å². The number of H-pyrrole nitrogens is 1. The Morgan fingerprint density at radius 3 is 2.35 bits per heavy atom. The molecule has 0 spiro atoms. The monoisotopic (exact) mass is 310 g/mol. The van der Waals surface area contributed by atoms with Gasteiger partial charge in [-0.2, -0.15) is 5.10 Å². The van der Waals surface area contributed by atoms with E-state index in [9.17, 15) is 4.79 Å². The molecule has 2 N–H and O–H groups in total. The number of rotatable bonds is 2. The number of nitrogens with one attached hydrogen (secondary N) is 1. The van der Waals surface area contributed by atoms with E-state index >= 15 is 0 Å². The van der Waals surface area contributed by atoms with E-state index in [1.807, 2.05) is 32.9 Å². The maximum Gasteiger partial charge on any atom is 0.353 e. The fourth-order valence-electron chi connectivity index (χ4n) is 3.02. The highest BCUT2D eigenvalue weighted by Gasteiger charge is 2.22. The minimum atomic E-state index is -1.05. The molecule has 0 aliphatic heterocycles. The molecule has 0 atom stereocenters. The highest BCUT2D eigenvalue weighted by molar-refractivity contribution is 6.11. The summed E-state index contributed by atoms with van der Waals surface area (Å²) in [6.45, 7) is 5.74. The predicted octanol–water partition coefficient (Wildman–Crippen LogP) is 4.19. The Balaban J connectivity index is 2.16. The maximum absolute atomic E-state index is 11.1. The Morgan fingerprint density at radius 1 is 1.04 bits per heavy atom. The van der Waals surface area contributed by atoms with Crippen LogP contribution in [-0.2, 0) is 0 Å². The van der Waals surface area contributed by atoms with Crippen LogP contribution in [0.1, 0.15) is 27.6 Å². The van der Waals surface area contributed by atoms with Gasteiger partial charge in [0.2, 0.25) is 0 Å². The number of aromatic nitrogens is 2. The molecule has 4 rings (SSSR count). The highest BCUT2D eigenvalue weighted by Crippen LogP contribution is 2.41. The fraction of sp³-hybridized carbons (Fsp3) is 0.176. The maximum atomic E-state index is 11.1. The van der Waals surface area contributed by atoms with Crippen molar-refractivity contribution in [3.63, 3.8) is 0 Å². The van der Waals surface area contributed by atoms with Crippen LogP contribution in [0.4, 0.5) is 0 Å². The summed E-state index contributed by atoms with van der Waals surface area (Å²) in [6, 6.07) is 5.38. The lowest BCUT2D eigenvalue weighted by atomic mass is 9.99. The van der Waals surface area contributed by atoms with Gasteiger partial charge in [0.1, 0.15) is 28.4 Å². The summed E-state index contributed by atoms with van der Waals surface area (Å²) >= 11 is 0. The zero-order valence-electron chi connectivity index (χ0n) is 12.9. The molecule has 0 fully saturated rings. The minimum Gasteiger partial charge on any atom is -0.477 e. The third-order valence-electron chi connectivity index (χ3n) is 4.02. The second-order valence-corrected chi connectivity index (χ2v) is 5.67. The van der Waals surface area contributed by atoms with E-state index in [1.165, 1.54) is 6.07 Å². The van der Waals surface area contributed by atoms with E-state index in [-0.39, 0.29) is 5.69 Å². The van der Waals surface area contributed by atoms with Crippen molar-refractivity contribution in [3.8, 4) is 11.3 Å². The van der Waals surface area contributed by atoms with Gasteiger partial charge in [-0.1, -0.05) is 0 Å². The summed E-state index contributed by atoms with van der Waals surface area (Å²) < 4.78 is 11.7. The van der Waals surface area contributed by atoms with E-state index in [0.717, 1.165) is 39.0 Å². The molecule has 0 aliphatic rings. The van der Waals surface area contributed by atoms with Crippen LogP contribution in [0.25, 0.3) is 33.2 Å². The van der Waals surface area contributed by atoms with Gasteiger partial charge in [0.15, 0.2) is 0 Å². The average Bonchev–Trinajstić information content (AvgIpc) is 3.17. The summed E-state index contributed by atoms with van der Waals surface area (Å²) in [4.78, 5) is 11.1. The smallest absolute Gasteiger partial charge is 0.353 e. The summed E-state index contributed by atoms with van der Waals surface area (Å²) in [5, 5.41) is 17.6. The van der Waals surface area contributed by atoms with Crippen molar-refractivity contribution in [2.24, 2.45) is 0 Å². The van der Waals surface area contributed by atoms with Crippen molar-refractivity contribution >= 4 is 27.9 Å². The molecule has 116 valence electrons. The number of fused-ring (bicyclic) bond motifs is 2. The molecular formula is C17H14N2O4. The number of furan rings is 2. The molecule has 3 heterocycles. The van der Waals surface area contributed by atoms with Crippen molar-refractivity contribution in [3.05, 3.63) is 41.0 Å². The normalized spacial score (nSPS) is 11.6. The van der Waals surface area contributed by atoms with Crippen LogP contribution in [0.2, 0.25) is 0 Å². The van der Waals surface area contributed by atoms with Gasteiger partial charge >= 0.3 is 5.97 Å². The van der Waals surface area contributed by atoms with Gasteiger partial charge in [-0.15, -0.1) is 0 Å². The Bertz CT molecular complexity index is 1020. The summed E-state index contributed by atoms with van der Waals surface area (Å²) in [6.07, 6.45) is 0. The summed E-state index contributed by atoms with van der Waals surface area (Å²) in [5.41, 5.74) is 3.76. The highest BCUT2D eigenvalue weighted by atomic mass is 16.4. The Morgan fingerprint density at radius 2 is 1.70 bits per heavy atom. The number of aromatic carboxylic acids is 1. The molecule has 0 unspecified atom stereocenters. The van der Waals surface area contributed by atoms with E-state index in [0.29, 0.717) is 11.3 Å². The van der Waals surface area contributed by atoms with Gasteiger partial charge < -0.3 is 13.9 Å². The van der Waals surface area contributed by atoms with Crippen molar-refractivity contribution in [2.75, 3.05) is 0 Å². The first-order valence-corrected chi connectivity index (χ1v) is 7.17. The Hall–Kier alpha value is -3.02. The number of benzene rings is 1. The number of carboxylic acid groups (broad SMARTS) is 1. The largest absolute Gasteiger partial charge is 0.477 e. The zero-order chi connectivity index (χ0) is 16.3.